The van der Waals surface area contributed by atoms with Crippen molar-refractivity contribution in [2.45, 2.75) is 19.3 Å². The van der Waals surface area contributed by atoms with Crippen LogP contribution in [-0.4, -0.2) is 50.7 Å². The Hall–Kier alpha value is -2.50. The van der Waals surface area contributed by atoms with Gasteiger partial charge in [-0.05, 0) is 67.8 Å². The van der Waals surface area contributed by atoms with Gasteiger partial charge >= 0.3 is 0 Å². The first-order valence-corrected chi connectivity index (χ1v) is 10.8. The number of hydrogen-bond acceptors (Lipinski definition) is 4. The second kappa shape index (κ2) is 9.54. The molecule has 6 heteroatoms. The maximum Gasteiger partial charge on any atom is 0.251 e. The minimum atomic E-state index is -0.0446. The van der Waals surface area contributed by atoms with Crippen molar-refractivity contribution in [2.75, 3.05) is 44.8 Å². The third kappa shape index (κ3) is 4.79. The molecule has 0 aliphatic carbocycles. The van der Waals surface area contributed by atoms with E-state index < -0.39 is 0 Å². The summed E-state index contributed by atoms with van der Waals surface area (Å²) in [5.74, 6) is 1.37. The summed E-state index contributed by atoms with van der Waals surface area (Å²) >= 11 is 5.92. The van der Waals surface area contributed by atoms with Gasteiger partial charge in [0.1, 0.15) is 6.61 Å². The normalized spacial score (nSPS) is 16.3. The number of anilines is 1. The van der Waals surface area contributed by atoms with E-state index >= 15 is 0 Å². The van der Waals surface area contributed by atoms with Crippen LogP contribution in [0.3, 0.4) is 0 Å². The first-order valence-electron chi connectivity index (χ1n) is 10.5. The van der Waals surface area contributed by atoms with Crippen molar-refractivity contribution in [2.24, 2.45) is 0 Å². The molecule has 2 heterocycles. The molecular formula is C24H27ClN2O3. The third-order valence-corrected chi connectivity index (χ3v) is 5.93. The van der Waals surface area contributed by atoms with Crippen molar-refractivity contribution in [3.05, 3.63) is 58.6 Å². The van der Waals surface area contributed by atoms with E-state index in [1.54, 1.807) is 18.1 Å². The Balaban J connectivity index is 1.46. The van der Waals surface area contributed by atoms with Crippen LogP contribution >= 0.6 is 11.6 Å². The highest BCUT2D eigenvalue weighted by Crippen LogP contribution is 2.39. The SMILES string of the molecule is COc1cc2c(cc1OCCN1CCCC1)N(C(=O)/C=C/c1ccc(Cl)cc1)CC2. The van der Waals surface area contributed by atoms with Gasteiger partial charge in [-0.3, -0.25) is 9.69 Å². The number of ether oxygens (including phenoxy) is 2. The molecule has 158 valence electrons. The summed E-state index contributed by atoms with van der Waals surface area (Å²) < 4.78 is 11.6. The lowest BCUT2D eigenvalue weighted by molar-refractivity contribution is -0.114. The molecular weight excluding hydrogens is 400 g/mol. The maximum absolute atomic E-state index is 12.8. The van der Waals surface area contributed by atoms with Gasteiger partial charge in [0.25, 0.3) is 5.91 Å². The zero-order valence-corrected chi connectivity index (χ0v) is 18.0. The van der Waals surface area contributed by atoms with Gasteiger partial charge in [-0.2, -0.15) is 0 Å². The Labute approximate surface area is 182 Å². The quantitative estimate of drug-likeness (QED) is 0.614. The first-order chi connectivity index (χ1) is 14.6. The number of benzene rings is 2. The largest absolute Gasteiger partial charge is 0.493 e. The molecule has 0 radical (unpaired) electrons. The van der Waals surface area contributed by atoms with Gasteiger partial charge < -0.3 is 14.4 Å². The van der Waals surface area contributed by atoms with Gasteiger partial charge in [-0.15, -0.1) is 0 Å². The summed E-state index contributed by atoms with van der Waals surface area (Å²) in [5, 5.41) is 0.679. The van der Waals surface area contributed by atoms with Crippen molar-refractivity contribution in [1.82, 2.24) is 4.90 Å². The molecule has 0 spiro atoms. The van der Waals surface area contributed by atoms with Crippen molar-refractivity contribution >= 4 is 29.3 Å². The molecule has 2 aromatic rings. The molecule has 0 N–H and O–H groups in total. The molecule has 0 atom stereocenters. The Kier molecular flexibility index (Phi) is 6.60. The lowest BCUT2D eigenvalue weighted by Crippen LogP contribution is -2.27. The average molecular weight is 427 g/mol. The minimum Gasteiger partial charge on any atom is -0.493 e. The fourth-order valence-electron chi connectivity index (χ4n) is 4.02. The molecule has 4 rings (SSSR count). The van der Waals surface area contributed by atoms with Gasteiger partial charge in [-0.1, -0.05) is 23.7 Å². The lowest BCUT2D eigenvalue weighted by atomic mass is 10.1. The molecule has 1 fully saturated rings. The van der Waals surface area contributed by atoms with Crippen LogP contribution in [0.5, 0.6) is 11.5 Å². The van der Waals surface area contributed by atoms with E-state index in [-0.39, 0.29) is 5.91 Å². The van der Waals surface area contributed by atoms with Crippen LogP contribution in [0, 0.1) is 0 Å². The number of hydrogen-bond donors (Lipinski definition) is 0. The van der Waals surface area contributed by atoms with Crippen molar-refractivity contribution in [1.29, 1.82) is 0 Å². The maximum atomic E-state index is 12.8. The number of likely N-dealkylation sites (tertiary alicyclic amines) is 1. The molecule has 2 aliphatic rings. The van der Waals surface area contributed by atoms with Crippen LogP contribution in [0.2, 0.25) is 5.02 Å². The minimum absolute atomic E-state index is 0.0446. The number of carbonyl (C=O) groups excluding carboxylic acids is 1. The monoisotopic (exact) mass is 426 g/mol. The fraction of sp³-hybridized carbons (Fsp3) is 0.375. The summed E-state index contributed by atoms with van der Waals surface area (Å²) in [6, 6.07) is 11.3. The number of carbonyl (C=O) groups is 1. The predicted octanol–water partition coefficient (Wildman–Crippen LogP) is 4.43. The van der Waals surface area contributed by atoms with Crippen molar-refractivity contribution in [3.63, 3.8) is 0 Å². The number of fused-ring (bicyclic) bond motifs is 1. The first kappa shape index (κ1) is 20.8. The number of amides is 1. The van der Waals surface area contributed by atoms with Crippen LogP contribution in [0.25, 0.3) is 6.08 Å². The molecule has 0 unspecified atom stereocenters. The molecule has 2 aromatic carbocycles. The van der Waals surface area contributed by atoms with Crippen LogP contribution < -0.4 is 14.4 Å². The molecule has 1 amide bonds. The average Bonchev–Trinajstić information content (AvgIpc) is 3.42. The number of rotatable bonds is 7. The number of halogens is 1. The van der Waals surface area contributed by atoms with Gasteiger partial charge in [-0.25, -0.2) is 0 Å². The van der Waals surface area contributed by atoms with Crippen LogP contribution in [0.15, 0.2) is 42.5 Å². The summed E-state index contributed by atoms with van der Waals surface area (Å²) in [4.78, 5) is 17.1. The summed E-state index contributed by atoms with van der Waals surface area (Å²) in [6.07, 6.45) is 6.76. The zero-order valence-electron chi connectivity index (χ0n) is 17.3. The lowest BCUT2D eigenvalue weighted by Gasteiger charge is -2.19. The Morgan fingerprint density at radius 1 is 1.10 bits per heavy atom. The molecule has 1 saturated heterocycles. The summed E-state index contributed by atoms with van der Waals surface area (Å²) in [7, 11) is 1.65. The second-order valence-corrected chi connectivity index (χ2v) is 8.09. The topological polar surface area (TPSA) is 42.0 Å². The van der Waals surface area contributed by atoms with E-state index in [0.29, 0.717) is 23.9 Å². The summed E-state index contributed by atoms with van der Waals surface area (Å²) in [6.45, 7) is 4.46. The highest BCUT2D eigenvalue weighted by Gasteiger charge is 2.26. The number of nitrogens with zero attached hydrogens (tertiary/aromatic N) is 2. The Morgan fingerprint density at radius 2 is 1.87 bits per heavy atom. The van der Waals surface area contributed by atoms with Gasteiger partial charge in [0.05, 0.1) is 12.8 Å². The second-order valence-electron chi connectivity index (χ2n) is 7.65. The highest BCUT2D eigenvalue weighted by molar-refractivity contribution is 6.30. The van der Waals surface area contributed by atoms with Gasteiger partial charge in [0, 0.05) is 30.3 Å². The molecule has 0 bridgehead atoms. The Bertz CT molecular complexity index is 921. The van der Waals surface area contributed by atoms with Crippen molar-refractivity contribution in [3.8, 4) is 11.5 Å². The van der Waals surface area contributed by atoms with Crippen molar-refractivity contribution < 1.29 is 14.3 Å². The van der Waals surface area contributed by atoms with E-state index in [0.717, 1.165) is 48.6 Å². The van der Waals surface area contributed by atoms with Crippen LogP contribution in [0.1, 0.15) is 24.0 Å². The molecule has 0 saturated carbocycles. The zero-order chi connectivity index (χ0) is 20.9. The van der Waals surface area contributed by atoms with E-state index in [9.17, 15) is 4.79 Å². The summed E-state index contributed by atoms with van der Waals surface area (Å²) in [5.41, 5.74) is 2.94. The van der Waals surface area contributed by atoms with E-state index in [1.807, 2.05) is 42.5 Å². The van der Waals surface area contributed by atoms with Gasteiger partial charge in [0.2, 0.25) is 0 Å². The standard InChI is InChI=1S/C24H27ClN2O3/c1-29-22-16-19-10-13-27(24(28)9-6-18-4-7-20(25)8-5-18)21(19)17-23(22)30-15-14-26-11-2-3-12-26/h4-9,16-17H,2-3,10-15H2,1H3/b9-6+. The van der Waals surface area contributed by atoms with E-state index in [4.69, 9.17) is 21.1 Å². The van der Waals surface area contributed by atoms with Crippen LogP contribution in [0.4, 0.5) is 5.69 Å². The fourth-order valence-corrected chi connectivity index (χ4v) is 4.15. The highest BCUT2D eigenvalue weighted by atomic mass is 35.5. The van der Waals surface area contributed by atoms with Crippen LogP contribution in [-0.2, 0) is 11.2 Å². The van der Waals surface area contributed by atoms with E-state index in [1.165, 1.54) is 12.8 Å². The van der Waals surface area contributed by atoms with E-state index in [2.05, 4.69) is 4.90 Å². The smallest absolute Gasteiger partial charge is 0.251 e. The third-order valence-electron chi connectivity index (χ3n) is 5.68. The molecule has 30 heavy (non-hydrogen) atoms. The van der Waals surface area contributed by atoms with Gasteiger partial charge in [0.15, 0.2) is 11.5 Å². The Morgan fingerprint density at radius 3 is 2.60 bits per heavy atom. The molecule has 2 aliphatic heterocycles. The number of methoxy groups -OCH3 is 1. The molecule has 5 nitrogen and oxygen atoms in total. The predicted molar refractivity (Wildman–Crippen MR) is 121 cm³/mol. The molecule has 0 aromatic heterocycles.